The summed E-state index contributed by atoms with van der Waals surface area (Å²) in [6.07, 6.45) is 0. The molecule has 20 heavy (non-hydrogen) atoms. The van der Waals surface area contributed by atoms with E-state index in [4.69, 9.17) is 16.7 Å². The second-order valence-corrected chi connectivity index (χ2v) is 7.25. The van der Waals surface area contributed by atoms with Gasteiger partial charge in [-0.15, -0.1) is 11.3 Å². The molecular weight excluding hydrogens is 362 g/mol. The summed E-state index contributed by atoms with van der Waals surface area (Å²) in [4.78, 5) is 14.0. The molecule has 0 saturated heterocycles. The number of carboxylic acids is 1. The van der Waals surface area contributed by atoms with Crippen LogP contribution in [0.3, 0.4) is 0 Å². The van der Waals surface area contributed by atoms with E-state index in [1.54, 1.807) is 23.5 Å². The van der Waals surface area contributed by atoms with Crippen molar-refractivity contribution in [3.8, 4) is 0 Å². The van der Waals surface area contributed by atoms with E-state index in [2.05, 4.69) is 15.9 Å². The van der Waals surface area contributed by atoms with Crippen LogP contribution in [0.4, 0.5) is 5.69 Å². The fourth-order valence-corrected chi connectivity index (χ4v) is 3.63. The Hall–Kier alpha value is -1.04. The fraction of sp³-hybridized carbons (Fsp3) is 0.214. The van der Waals surface area contributed by atoms with Crippen LogP contribution in [0.25, 0.3) is 0 Å². The number of halogens is 2. The molecule has 0 amide bonds. The number of hydrogen-bond donors (Lipinski definition) is 1. The van der Waals surface area contributed by atoms with Crippen LogP contribution < -0.4 is 4.90 Å². The number of hydrogen-bond acceptors (Lipinski definition) is 3. The molecule has 2 rings (SSSR count). The molecule has 3 nitrogen and oxygen atoms in total. The van der Waals surface area contributed by atoms with Gasteiger partial charge in [0, 0.05) is 15.6 Å². The molecule has 0 bridgehead atoms. The maximum Gasteiger partial charge on any atom is 0.323 e. The Morgan fingerprint density at radius 1 is 1.45 bits per heavy atom. The number of anilines is 1. The monoisotopic (exact) mass is 373 g/mol. The predicted molar refractivity (Wildman–Crippen MR) is 86.9 cm³/mol. The van der Waals surface area contributed by atoms with E-state index in [0.717, 1.165) is 14.4 Å². The molecule has 6 heteroatoms. The van der Waals surface area contributed by atoms with Gasteiger partial charge in [-0.3, -0.25) is 4.79 Å². The Kier molecular flexibility index (Phi) is 5.07. The average molecular weight is 375 g/mol. The fourth-order valence-electron chi connectivity index (χ4n) is 1.96. The SMILES string of the molecule is CC(c1ccc(Br)s1)N(CC(=O)O)c1cccc(Cl)c1. The van der Waals surface area contributed by atoms with Crippen LogP contribution >= 0.6 is 38.9 Å². The van der Waals surface area contributed by atoms with Gasteiger partial charge in [-0.1, -0.05) is 17.7 Å². The van der Waals surface area contributed by atoms with Gasteiger partial charge in [-0.2, -0.15) is 0 Å². The van der Waals surface area contributed by atoms with E-state index in [1.807, 2.05) is 36.1 Å². The van der Waals surface area contributed by atoms with Crippen LogP contribution in [0.1, 0.15) is 17.8 Å². The molecule has 1 unspecified atom stereocenters. The lowest BCUT2D eigenvalue weighted by molar-refractivity contribution is -0.135. The van der Waals surface area contributed by atoms with Gasteiger partial charge in [-0.05, 0) is 53.2 Å². The second-order valence-electron chi connectivity index (χ2n) is 4.32. The summed E-state index contributed by atoms with van der Waals surface area (Å²) < 4.78 is 1.03. The lowest BCUT2D eigenvalue weighted by atomic mass is 10.2. The first-order valence-corrected chi connectivity index (χ1v) is 7.95. The summed E-state index contributed by atoms with van der Waals surface area (Å²) >= 11 is 11.0. The topological polar surface area (TPSA) is 40.5 Å². The van der Waals surface area contributed by atoms with Crippen LogP contribution in [0.5, 0.6) is 0 Å². The predicted octanol–water partition coefficient (Wildman–Crippen LogP) is 4.82. The molecule has 1 aromatic carbocycles. The molecule has 106 valence electrons. The Bertz CT molecular complexity index is 617. The third kappa shape index (κ3) is 3.75. The summed E-state index contributed by atoms with van der Waals surface area (Å²) in [5.41, 5.74) is 0.803. The van der Waals surface area contributed by atoms with Gasteiger partial charge in [-0.25, -0.2) is 0 Å². The van der Waals surface area contributed by atoms with Crippen molar-refractivity contribution in [3.63, 3.8) is 0 Å². The van der Waals surface area contributed by atoms with E-state index in [1.165, 1.54) is 0 Å². The molecular formula is C14H13BrClNO2S. The zero-order valence-corrected chi connectivity index (χ0v) is 13.9. The van der Waals surface area contributed by atoms with E-state index >= 15 is 0 Å². The second kappa shape index (κ2) is 6.61. The Morgan fingerprint density at radius 3 is 2.75 bits per heavy atom. The summed E-state index contributed by atoms with van der Waals surface area (Å²) in [6.45, 7) is 1.92. The highest BCUT2D eigenvalue weighted by molar-refractivity contribution is 9.11. The number of aliphatic carboxylic acids is 1. The lowest BCUT2D eigenvalue weighted by Crippen LogP contribution is -2.31. The molecule has 0 radical (unpaired) electrons. The molecule has 1 heterocycles. The third-order valence-electron chi connectivity index (χ3n) is 2.92. The molecule has 2 aromatic rings. The Morgan fingerprint density at radius 2 is 2.20 bits per heavy atom. The van der Waals surface area contributed by atoms with E-state index in [9.17, 15) is 4.79 Å². The van der Waals surface area contributed by atoms with Crippen LogP contribution in [0.15, 0.2) is 40.2 Å². The minimum Gasteiger partial charge on any atom is -0.480 e. The minimum atomic E-state index is -0.868. The van der Waals surface area contributed by atoms with Gasteiger partial charge in [0.15, 0.2) is 0 Å². The Balaban J connectivity index is 2.34. The van der Waals surface area contributed by atoms with Gasteiger partial charge in [0.2, 0.25) is 0 Å². The first kappa shape index (κ1) is 15.4. The summed E-state index contributed by atoms with van der Waals surface area (Å²) in [6, 6.07) is 11.2. The Labute approximate surface area is 134 Å². The van der Waals surface area contributed by atoms with Crippen molar-refractivity contribution in [1.82, 2.24) is 0 Å². The van der Waals surface area contributed by atoms with Gasteiger partial charge >= 0.3 is 5.97 Å². The van der Waals surface area contributed by atoms with Crippen molar-refractivity contribution in [2.24, 2.45) is 0 Å². The normalized spacial score (nSPS) is 12.2. The van der Waals surface area contributed by atoms with Gasteiger partial charge in [0.1, 0.15) is 6.54 Å². The largest absolute Gasteiger partial charge is 0.480 e. The third-order valence-corrected chi connectivity index (χ3v) is 4.95. The quantitative estimate of drug-likeness (QED) is 0.816. The van der Waals surface area contributed by atoms with E-state index < -0.39 is 5.97 Å². The maximum absolute atomic E-state index is 11.1. The highest BCUT2D eigenvalue weighted by Gasteiger charge is 2.20. The van der Waals surface area contributed by atoms with Crippen molar-refractivity contribution in [2.45, 2.75) is 13.0 Å². The van der Waals surface area contributed by atoms with Crippen molar-refractivity contribution < 1.29 is 9.90 Å². The van der Waals surface area contributed by atoms with Crippen molar-refractivity contribution in [1.29, 1.82) is 0 Å². The zero-order valence-electron chi connectivity index (χ0n) is 10.7. The smallest absolute Gasteiger partial charge is 0.323 e. The number of rotatable bonds is 5. The highest BCUT2D eigenvalue weighted by atomic mass is 79.9. The summed E-state index contributed by atoms with van der Waals surface area (Å²) in [5.74, 6) is -0.868. The van der Waals surface area contributed by atoms with Crippen LogP contribution in [0, 0.1) is 0 Å². The lowest BCUT2D eigenvalue weighted by Gasteiger charge is -2.29. The first-order valence-electron chi connectivity index (χ1n) is 5.96. The van der Waals surface area contributed by atoms with Gasteiger partial charge < -0.3 is 10.0 Å². The molecule has 0 aliphatic carbocycles. The molecule has 1 aromatic heterocycles. The van der Waals surface area contributed by atoms with Crippen LogP contribution in [-0.4, -0.2) is 17.6 Å². The van der Waals surface area contributed by atoms with Crippen LogP contribution in [0.2, 0.25) is 5.02 Å². The van der Waals surface area contributed by atoms with Gasteiger partial charge in [0.05, 0.1) is 9.83 Å². The zero-order chi connectivity index (χ0) is 14.7. The highest BCUT2D eigenvalue weighted by Crippen LogP contribution is 2.33. The summed E-state index contributed by atoms with van der Waals surface area (Å²) in [5, 5.41) is 9.73. The van der Waals surface area contributed by atoms with Crippen molar-refractivity contribution in [3.05, 3.63) is 50.1 Å². The van der Waals surface area contributed by atoms with Crippen LogP contribution in [-0.2, 0) is 4.79 Å². The maximum atomic E-state index is 11.1. The van der Waals surface area contributed by atoms with Gasteiger partial charge in [0.25, 0.3) is 0 Å². The standard InChI is InChI=1S/C14H13BrClNO2S/c1-9(12-5-6-13(15)20-12)17(8-14(18)19)11-4-2-3-10(16)7-11/h2-7,9H,8H2,1H3,(H,18,19). The number of carboxylic acid groups (broad SMARTS) is 1. The molecule has 1 atom stereocenters. The minimum absolute atomic E-state index is 0.0409. The average Bonchev–Trinajstić information content (AvgIpc) is 2.81. The van der Waals surface area contributed by atoms with Crippen molar-refractivity contribution >= 4 is 50.5 Å². The van der Waals surface area contributed by atoms with E-state index in [0.29, 0.717) is 5.02 Å². The number of carbonyl (C=O) groups is 1. The number of benzene rings is 1. The molecule has 0 spiro atoms. The molecule has 1 N–H and O–H groups in total. The van der Waals surface area contributed by atoms with E-state index in [-0.39, 0.29) is 12.6 Å². The molecule has 0 fully saturated rings. The molecule has 0 aliphatic rings. The number of thiophene rings is 1. The first-order chi connectivity index (χ1) is 9.47. The number of nitrogens with zero attached hydrogens (tertiary/aromatic N) is 1. The molecule has 0 aliphatic heterocycles. The van der Waals surface area contributed by atoms with Crippen molar-refractivity contribution in [2.75, 3.05) is 11.4 Å². The molecule has 0 saturated carbocycles. The summed E-state index contributed by atoms with van der Waals surface area (Å²) in [7, 11) is 0.